The van der Waals surface area contributed by atoms with E-state index >= 15 is 0 Å². The summed E-state index contributed by atoms with van der Waals surface area (Å²) in [7, 11) is 4.57. The van der Waals surface area contributed by atoms with Crippen LogP contribution in [0.25, 0.3) is 6.08 Å². The maximum atomic E-state index is 12.0. The Balaban J connectivity index is 2.15. The summed E-state index contributed by atoms with van der Waals surface area (Å²) in [5.41, 5.74) is 1.30. The van der Waals surface area contributed by atoms with Gasteiger partial charge in [-0.2, -0.15) is 0 Å². The van der Waals surface area contributed by atoms with Crippen LogP contribution < -0.4 is 19.5 Å². The van der Waals surface area contributed by atoms with Crippen LogP contribution >= 0.6 is 11.3 Å². The Bertz CT molecular complexity index is 700. The molecule has 0 aliphatic rings. The second kappa shape index (κ2) is 7.64. The van der Waals surface area contributed by atoms with E-state index in [0.717, 1.165) is 10.7 Å². The normalized spacial score (nSPS) is 10.6. The zero-order chi connectivity index (χ0) is 16.8. The average molecular weight is 334 g/mol. The molecule has 0 bridgehead atoms. The lowest BCUT2D eigenvalue weighted by Crippen LogP contribution is -2.08. The molecular weight excluding hydrogens is 316 g/mol. The predicted molar refractivity (Wildman–Crippen MR) is 90.6 cm³/mol. The Labute approximate surface area is 138 Å². The van der Waals surface area contributed by atoms with Crippen molar-refractivity contribution in [3.05, 3.63) is 34.3 Å². The summed E-state index contributed by atoms with van der Waals surface area (Å²) in [6.45, 7) is 1.91. The van der Waals surface area contributed by atoms with Crippen LogP contribution in [0.5, 0.6) is 17.2 Å². The van der Waals surface area contributed by atoms with Crippen molar-refractivity contribution >= 4 is 29.0 Å². The maximum absolute atomic E-state index is 12.0. The molecule has 0 radical (unpaired) electrons. The number of amides is 1. The third-order valence-electron chi connectivity index (χ3n) is 2.97. The largest absolute Gasteiger partial charge is 0.493 e. The number of thiazole rings is 1. The molecule has 23 heavy (non-hydrogen) atoms. The van der Waals surface area contributed by atoms with Crippen LogP contribution in [-0.4, -0.2) is 32.2 Å². The molecule has 0 aliphatic carbocycles. The molecule has 122 valence electrons. The number of carbonyl (C=O) groups is 1. The van der Waals surface area contributed by atoms with Crippen molar-refractivity contribution in [2.75, 3.05) is 26.6 Å². The molecule has 0 unspecified atom stereocenters. The summed E-state index contributed by atoms with van der Waals surface area (Å²) in [6.07, 6.45) is 3.09. The minimum atomic E-state index is -0.273. The van der Waals surface area contributed by atoms with Crippen molar-refractivity contribution in [1.29, 1.82) is 0 Å². The van der Waals surface area contributed by atoms with Crippen LogP contribution in [0.4, 0.5) is 5.69 Å². The van der Waals surface area contributed by atoms with Gasteiger partial charge in [0, 0.05) is 29.3 Å². The van der Waals surface area contributed by atoms with Gasteiger partial charge < -0.3 is 19.5 Å². The molecule has 0 atom stereocenters. The van der Waals surface area contributed by atoms with Gasteiger partial charge in [0.1, 0.15) is 0 Å². The molecule has 0 fully saturated rings. The Kier molecular flexibility index (Phi) is 5.59. The highest BCUT2D eigenvalue weighted by Gasteiger charge is 2.13. The Hall–Kier alpha value is -2.54. The van der Waals surface area contributed by atoms with Gasteiger partial charge in [-0.15, -0.1) is 11.3 Å². The molecule has 0 saturated heterocycles. The van der Waals surface area contributed by atoms with E-state index < -0.39 is 0 Å². The lowest BCUT2D eigenvalue weighted by molar-refractivity contribution is -0.111. The number of hydrogen-bond acceptors (Lipinski definition) is 6. The van der Waals surface area contributed by atoms with E-state index in [0.29, 0.717) is 22.9 Å². The second-order valence-corrected chi connectivity index (χ2v) is 5.59. The molecule has 1 aromatic heterocycles. The summed E-state index contributed by atoms with van der Waals surface area (Å²) in [4.78, 5) is 16.3. The molecule has 2 aromatic rings. The van der Waals surface area contributed by atoms with Crippen LogP contribution in [0.3, 0.4) is 0 Å². The van der Waals surface area contributed by atoms with E-state index in [9.17, 15) is 4.79 Å². The number of nitrogens with zero attached hydrogens (tertiary/aromatic N) is 1. The number of hydrogen-bond donors (Lipinski definition) is 1. The van der Waals surface area contributed by atoms with Crippen molar-refractivity contribution in [3.8, 4) is 17.2 Å². The lowest BCUT2D eigenvalue weighted by atomic mass is 10.2. The van der Waals surface area contributed by atoms with E-state index in [1.165, 1.54) is 38.7 Å². The van der Waals surface area contributed by atoms with Crippen LogP contribution in [-0.2, 0) is 4.79 Å². The molecule has 1 amide bonds. The molecule has 0 spiro atoms. The SMILES string of the molecule is COc1cc(NC(=O)C=Cc2csc(C)n2)cc(OC)c1OC. The minimum Gasteiger partial charge on any atom is -0.493 e. The van der Waals surface area contributed by atoms with E-state index in [2.05, 4.69) is 10.3 Å². The minimum absolute atomic E-state index is 0.273. The number of nitrogens with one attached hydrogen (secondary N) is 1. The molecule has 1 aromatic carbocycles. The first kappa shape index (κ1) is 16.8. The van der Waals surface area contributed by atoms with Gasteiger partial charge in [0.2, 0.25) is 11.7 Å². The van der Waals surface area contributed by atoms with Crippen LogP contribution in [0.1, 0.15) is 10.7 Å². The molecule has 1 heterocycles. The second-order valence-electron chi connectivity index (χ2n) is 4.53. The number of benzene rings is 1. The van der Waals surface area contributed by atoms with E-state index in [1.807, 2.05) is 12.3 Å². The van der Waals surface area contributed by atoms with Gasteiger partial charge in [-0.05, 0) is 13.0 Å². The highest BCUT2D eigenvalue weighted by molar-refractivity contribution is 7.09. The number of aryl methyl sites for hydroxylation is 1. The standard InChI is InChI=1S/C16H18N2O4S/c1-10-17-11(9-23-10)5-6-15(19)18-12-7-13(20-2)16(22-4)14(8-12)21-3/h5-9H,1-4H3,(H,18,19). The van der Waals surface area contributed by atoms with Gasteiger partial charge >= 0.3 is 0 Å². The average Bonchev–Trinajstić information content (AvgIpc) is 2.97. The molecule has 0 saturated carbocycles. The lowest BCUT2D eigenvalue weighted by Gasteiger charge is -2.14. The zero-order valence-electron chi connectivity index (χ0n) is 13.4. The van der Waals surface area contributed by atoms with Gasteiger partial charge in [0.05, 0.1) is 32.0 Å². The summed E-state index contributed by atoms with van der Waals surface area (Å²) < 4.78 is 15.7. The molecular formula is C16H18N2O4S. The van der Waals surface area contributed by atoms with E-state index in [4.69, 9.17) is 14.2 Å². The van der Waals surface area contributed by atoms with Gasteiger partial charge in [-0.25, -0.2) is 4.98 Å². The third-order valence-corrected chi connectivity index (χ3v) is 3.77. The Morgan fingerprint density at radius 1 is 1.17 bits per heavy atom. The first-order valence-electron chi connectivity index (χ1n) is 6.78. The number of carbonyl (C=O) groups excluding carboxylic acids is 1. The maximum Gasteiger partial charge on any atom is 0.248 e. The van der Waals surface area contributed by atoms with Crippen molar-refractivity contribution in [3.63, 3.8) is 0 Å². The van der Waals surface area contributed by atoms with Crippen molar-refractivity contribution in [1.82, 2.24) is 4.98 Å². The summed E-state index contributed by atoms with van der Waals surface area (Å²) in [5.74, 6) is 1.15. The highest BCUT2D eigenvalue weighted by atomic mass is 32.1. The monoisotopic (exact) mass is 334 g/mol. The Morgan fingerprint density at radius 2 is 1.83 bits per heavy atom. The van der Waals surface area contributed by atoms with Crippen molar-refractivity contribution in [2.45, 2.75) is 6.92 Å². The van der Waals surface area contributed by atoms with Crippen LogP contribution in [0.2, 0.25) is 0 Å². The van der Waals surface area contributed by atoms with E-state index in [-0.39, 0.29) is 5.91 Å². The van der Waals surface area contributed by atoms with Crippen LogP contribution in [0.15, 0.2) is 23.6 Å². The molecule has 1 N–H and O–H groups in total. The Morgan fingerprint density at radius 3 is 2.30 bits per heavy atom. The summed E-state index contributed by atoms with van der Waals surface area (Å²) in [5, 5.41) is 5.59. The molecule has 6 nitrogen and oxygen atoms in total. The first-order valence-corrected chi connectivity index (χ1v) is 7.66. The van der Waals surface area contributed by atoms with Gasteiger partial charge in [-0.3, -0.25) is 4.79 Å². The van der Waals surface area contributed by atoms with Gasteiger partial charge in [0.25, 0.3) is 0 Å². The number of aromatic nitrogens is 1. The van der Waals surface area contributed by atoms with Gasteiger partial charge in [0.15, 0.2) is 11.5 Å². The fraction of sp³-hybridized carbons (Fsp3) is 0.250. The van der Waals surface area contributed by atoms with Gasteiger partial charge in [-0.1, -0.05) is 0 Å². The van der Waals surface area contributed by atoms with Crippen molar-refractivity contribution in [2.24, 2.45) is 0 Å². The topological polar surface area (TPSA) is 69.7 Å². The first-order chi connectivity index (χ1) is 11.1. The number of anilines is 1. The zero-order valence-corrected chi connectivity index (χ0v) is 14.2. The summed E-state index contributed by atoms with van der Waals surface area (Å²) in [6, 6.07) is 3.33. The fourth-order valence-electron chi connectivity index (χ4n) is 1.95. The fourth-order valence-corrected chi connectivity index (χ4v) is 2.54. The third kappa shape index (κ3) is 4.23. The number of methoxy groups -OCH3 is 3. The molecule has 2 rings (SSSR count). The molecule has 7 heteroatoms. The molecule has 0 aliphatic heterocycles. The van der Waals surface area contributed by atoms with Crippen LogP contribution in [0, 0.1) is 6.92 Å². The highest BCUT2D eigenvalue weighted by Crippen LogP contribution is 2.39. The number of ether oxygens (including phenoxy) is 3. The predicted octanol–water partition coefficient (Wildman–Crippen LogP) is 3.13. The van der Waals surface area contributed by atoms with Crippen molar-refractivity contribution < 1.29 is 19.0 Å². The quantitative estimate of drug-likeness (QED) is 0.822. The smallest absolute Gasteiger partial charge is 0.248 e. The van der Waals surface area contributed by atoms with E-state index in [1.54, 1.807) is 18.2 Å². The summed E-state index contributed by atoms with van der Waals surface area (Å²) >= 11 is 1.53. The number of rotatable bonds is 6.